The maximum Gasteiger partial charge on any atom is 0.244 e. The summed E-state index contributed by atoms with van der Waals surface area (Å²) in [4.78, 5) is 22.9. The predicted octanol–water partition coefficient (Wildman–Crippen LogP) is 2.31. The van der Waals surface area contributed by atoms with Crippen LogP contribution in [-0.4, -0.2) is 56.7 Å². The van der Waals surface area contributed by atoms with Gasteiger partial charge in [0.1, 0.15) is 6.54 Å². The summed E-state index contributed by atoms with van der Waals surface area (Å²) in [5, 5.41) is 5.53. The Hall–Kier alpha value is -1.73. The first-order valence-corrected chi connectivity index (χ1v) is 9.68. The number of rotatable bonds is 4. The molecule has 0 aliphatic carbocycles. The number of thiazole rings is 1. The van der Waals surface area contributed by atoms with E-state index in [4.69, 9.17) is 0 Å². The topological polar surface area (TPSA) is 54.3 Å². The van der Waals surface area contributed by atoms with Crippen LogP contribution in [0.3, 0.4) is 0 Å². The van der Waals surface area contributed by atoms with E-state index in [1.165, 1.54) is 4.88 Å². The van der Waals surface area contributed by atoms with Crippen LogP contribution >= 0.6 is 11.3 Å². The number of aryl methyl sites for hydroxylation is 4. The predicted molar refractivity (Wildman–Crippen MR) is 99.8 cm³/mol. The Morgan fingerprint density at radius 3 is 2.60 bits per heavy atom. The lowest BCUT2D eigenvalue weighted by Crippen LogP contribution is -2.37. The van der Waals surface area contributed by atoms with Gasteiger partial charge in [0.25, 0.3) is 0 Å². The highest BCUT2D eigenvalue weighted by atomic mass is 32.1. The van der Waals surface area contributed by atoms with Crippen molar-refractivity contribution in [1.29, 1.82) is 0 Å². The average molecular weight is 362 g/mol. The van der Waals surface area contributed by atoms with E-state index in [2.05, 4.69) is 28.8 Å². The van der Waals surface area contributed by atoms with Gasteiger partial charge >= 0.3 is 0 Å². The smallest absolute Gasteiger partial charge is 0.244 e. The molecule has 1 amide bonds. The highest BCUT2D eigenvalue weighted by molar-refractivity contribution is 7.11. The molecule has 0 radical (unpaired) electrons. The molecule has 3 heterocycles. The quantitative estimate of drug-likeness (QED) is 0.839. The van der Waals surface area contributed by atoms with Gasteiger partial charge in [0, 0.05) is 43.3 Å². The third-order valence-electron chi connectivity index (χ3n) is 4.70. The van der Waals surface area contributed by atoms with Gasteiger partial charge in [0.15, 0.2) is 0 Å². The lowest BCUT2D eigenvalue weighted by atomic mass is 10.3. The zero-order valence-corrected chi connectivity index (χ0v) is 16.4. The molecule has 3 rings (SSSR count). The van der Waals surface area contributed by atoms with Gasteiger partial charge in [-0.05, 0) is 40.2 Å². The maximum absolute atomic E-state index is 12.6. The zero-order valence-electron chi connectivity index (χ0n) is 15.6. The van der Waals surface area contributed by atoms with Gasteiger partial charge in [-0.3, -0.25) is 14.4 Å². The normalized spacial score (nSPS) is 16.2. The second-order valence-electron chi connectivity index (χ2n) is 6.84. The molecule has 1 fully saturated rings. The minimum Gasteiger partial charge on any atom is -0.340 e. The van der Waals surface area contributed by atoms with Gasteiger partial charge in [0.2, 0.25) is 5.91 Å². The Bertz CT molecular complexity index is 751. The molecule has 1 aliphatic rings. The summed E-state index contributed by atoms with van der Waals surface area (Å²) in [5.74, 6) is 0.165. The van der Waals surface area contributed by atoms with Crippen molar-refractivity contribution in [2.45, 2.75) is 47.2 Å². The lowest BCUT2D eigenvalue weighted by Gasteiger charge is -2.22. The number of amides is 1. The van der Waals surface area contributed by atoms with Gasteiger partial charge in [-0.15, -0.1) is 11.3 Å². The summed E-state index contributed by atoms with van der Waals surface area (Å²) in [6.45, 7) is 12.9. The fourth-order valence-electron chi connectivity index (χ4n) is 3.36. The molecule has 0 N–H and O–H groups in total. The SMILES string of the molecule is Cc1cc(C)n(CC(=O)N2CCCN(Cc3sc(C)nc3C)CC2)n1. The second-order valence-corrected chi connectivity index (χ2v) is 8.12. The molecule has 0 unspecified atom stereocenters. The Balaban J connectivity index is 1.56. The van der Waals surface area contributed by atoms with E-state index in [0.717, 1.165) is 61.2 Å². The van der Waals surface area contributed by atoms with E-state index in [1.54, 1.807) is 11.3 Å². The Morgan fingerprint density at radius 1 is 1.16 bits per heavy atom. The van der Waals surface area contributed by atoms with E-state index >= 15 is 0 Å². The van der Waals surface area contributed by atoms with Crippen molar-refractivity contribution >= 4 is 17.2 Å². The van der Waals surface area contributed by atoms with Gasteiger partial charge in [-0.1, -0.05) is 0 Å². The standard InChI is InChI=1S/C18H27N5OS/c1-13-10-14(2)23(20-13)12-18(24)22-7-5-6-21(8-9-22)11-17-15(3)19-16(4)25-17/h10H,5-9,11-12H2,1-4H3. The number of carbonyl (C=O) groups is 1. The molecule has 0 bridgehead atoms. The van der Waals surface area contributed by atoms with Crippen molar-refractivity contribution in [3.63, 3.8) is 0 Å². The van der Waals surface area contributed by atoms with Crippen molar-refractivity contribution in [1.82, 2.24) is 24.6 Å². The summed E-state index contributed by atoms with van der Waals surface area (Å²) in [6.07, 6.45) is 1.01. The van der Waals surface area contributed by atoms with Crippen LogP contribution in [0.4, 0.5) is 0 Å². The third-order valence-corrected chi connectivity index (χ3v) is 5.75. The molecule has 136 valence electrons. The minimum absolute atomic E-state index is 0.165. The van der Waals surface area contributed by atoms with Crippen LogP contribution in [-0.2, 0) is 17.9 Å². The molecule has 2 aromatic heterocycles. The molecule has 0 saturated carbocycles. The summed E-state index contributed by atoms with van der Waals surface area (Å²) < 4.78 is 1.81. The lowest BCUT2D eigenvalue weighted by molar-refractivity contribution is -0.131. The summed E-state index contributed by atoms with van der Waals surface area (Å²) in [6, 6.07) is 2.01. The molecule has 25 heavy (non-hydrogen) atoms. The minimum atomic E-state index is 0.165. The van der Waals surface area contributed by atoms with E-state index < -0.39 is 0 Å². The number of carbonyl (C=O) groups excluding carboxylic acids is 1. The first-order valence-electron chi connectivity index (χ1n) is 8.86. The molecule has 1 saturated heterocycles. The Morgan fingerprint density at radius 2 is 1.96 bits per heavy atom. The molecule has 6 nitrogen and oxygen atoms in total. The fraction of sp³-hybridized carbons (Fsp3) is 0.611. The average Bonchev–Trinajstić information content (AvgIpc) is 2.92. The third kappa shape index (κ3) is 4.46. The van der Waals surface area contributed by atoms with E-state index in [9.17, 15) is 4.79 Å². The van der Waals surface area contributed by atoms with Crippen molar-refractivity contribution in [3.8, 4) is 0 Å². The molecule has 0 spiro atoms. The number of aromatic nitrogens is 3. The van der Waals surface area contributed by atoms with Crippen LogP contribution in [0.5, 0.6) is 0 Å². The van der Waals surface area contributed by atoms with Gasteiger partial charge in [-0.25, -0.2) is 4.98 Å². The number of nitrogens with zero attached hydrogens (tertiary/aromatic N) is 5. The summed E-state index contributed by atoms with van der Waals surface area (Å²) in [5.41, 5.74) is 3.14. The zero-order chi connectivity index (χ0) is 18.0. The van der Waals surface area contributed by atoms with Crippen LogP contribution < -0.4 is 0 Å². The Labute approximate surface area is 153 Å². The molecular weight excluding hydrogens is 334 g/mol. The summed E-state index contributed by atoms with van der Waals surface area (Å²) in [7, 11) is 0. The van der Waals surface area contributed by atoms with Crippen molar-refractivity contribution in [2.75, 3.05) is 26.2 Å². The van der Waals surface area contributed by atoms with Gasteiger partial charge in [-0.2, -0.15) is 5.10 Å². The molecule has 1 aliphatic heterocycles. The largest absolute Gasteiger partial charge is 0.340 e. The van der Waals surface area contributed by atoms with Crippen LogP contribution in [0.25, 0.3) is 0 Å². The summed E-state index contributed by atoms with van der Waals surface area (Å²) >= 11 is 1.78. The highest BCUT2D eigenvalue weighted by Crippen LogP contribution is 2.20. The number of hydrogen-bond acceptors (Lipinski definition) is 5. The van der Waals surface area contributed by atoms with Crippen LogP contribution in [0, 0.1) is 27.7 Å². The molecule has 0 atom stereocenters. The first kappa shape index (κ1) is 18.1. The number of hydrogen-bond donors (Lipinski definition) is 0. The fourth-order valence-corrected chi connectivity index (χ4v) is 4.34. The van der Waals surface area contributed by atoms with E-state index in [1.807, 2.05) is 29.5 Å². The van der Waals surface area contributed by atoms with E-state index in [-0.39, 0.29) is 5.91 Å². The maximum atomic E-state index is 12.6. The van der Waals surface area contributed by atoms with E-state index in [0.29, 0.717) is 6.54 Å². The molecule has 2 aromatic rings. The van der Waals surface area contributed by atoms with Crippen LogP contribution in [0.15, 0.2) is 6.07 Å². The van der Waals surface area contributed by atoms with Crippen LogP contribution in [0.2, 0.25) is 0 Å². The molecule has 0 aromatic carbocycles. The first-order chi connectivity index (χ1) is 11.9. The molecule has 7 heteroatoms. The van der Waals surface area contributed by atoms with Crippen molar-refractivity contribution in [3.05, 3.63) is 33.0 Å². The van der Waals surface area contributed by atoms with Crippen LogP contribution in [0.1, 0.15) is 33.4 Å². The second kappa shape index (κ2) is 7.66. The van der Waals surface area contributed by atoms with Crippen molar-refractivity contribution in [2.24, 2.45) is 0 Å². The monoisotopic (exact) mass is 361 g/mol. The van der Waals surface area contributed by atoms with Gasteiger partial charge < -0.3 is 4.90 Å². The Kier molecular flexibility index (Phi) is 5.54. The van der Waals surface area contributed by atoms with Gasteiger partial charge in [0.05, 0.1) is 16.4 Å². The molecular formula is C18H27N5OS. The highest BCUT2D eigenvalue weighted by Gasteiger charge is 2.21. The van der Waals surface area contributed by atoms with Crippen molar-refractivity contribution < 1.29 is 4.79 Å².